The molecule has 1 N–H and O–H groups in total. The summed E-state index contributed by atoms with van der Waals surface area (Å²) in [6.07, 6.45) is 1.07. The summed E-state index contributed by atoms with van der Waals surface area (Å²) >= 11 is 0. The Kier molecular flexibility index (Phi) is 3.77. The van der Waals surface area contributed by atoms with Gasteiger partial charge in [0.1, 0.15) is 0 Å². The lowest BCUT2D eigenvalue weighted by Gasteiger charge is -2.18. The quantitative estimate of drug-likeness (QED) is 0.763. The molecule has 1 amide bonds. The Balaban J connectivity index is 2.21. The lowest BCUT2D eigenvalue weighted by Crippen LogP contribution is -2.33. The topological polar surface area (TPSA) is 32.3 Å². The Morgan fingerprint density at radius 2 is 2.00 bits per heavy atom. The number of rotatable bonds is 4. The maximum Gasteiger partial charge on any atom is 0.223 e. The highest BCUT2D eigenvalue weighted by Gasteiger charge is 2.49. The molecule has 0 aromatic carbocycles. The number of nitrogens with zero attached hydrogens (tertiary/aromatic N) is 1. The fourth-order valence-corrected chi connectivity index (χ4v) is 1.98. The third-order valence-electron chi connectivity index (χ3n) is 3.10. The van der Waals surface area contributed by atoms with Gasteiger partial charge in [0.25, 0.3) is 0 Å². The van der Waals surface area contributed by atoms with E-state index in [-0.39, 0.29) is 17.2 Å². The zero-order chi connectivity index (χ0) is 11.6. The molecule has 0 radical (unpaired) electrons. The van der Waals surface area contributed by atoms with Gasteiger partial charge in [-0.25, -0.2) is 0 Å². The van der Waals surface area contributed by atoms with E-state index in [0.717, 1.165) is 19.5 Å². The van der Waals surface area contributed by atoms with E-state index in [4.69, 9.17) is 0 Å². The molecule has 15 heavy (non-hydrogen) atoms. The fourth-order valence-electron chi connectivity index (χ4n) is 1.98. The van der Waals surface area contributed by atoms with Crippen LogP contribution in [0.5, 0.6) is 0 Å². The van der Waals surface area contributed by atoms with E-state index in [2.05, 4.69) is 31.0 Å². The largest absolute Gasteiger partial charge is 0.355 e. The molecular weight excluding hydrogens is 188 g/mol. The van der Waals surface area contributed by atoms with Crippen LogP contribution >= 0.6 is 0 Å². The number of hydrogen-bond acceptors (Lipinski definition) is 2. The van der Waals surface area contributed by atoms with Gasteiger partial charge < -0.3 is 10.2 Å². The first-order valence-corrected chi connectivity index (χ1v) is 5.75. The van der Waals surface area contributed by atoms with Crippen molar-refractivity contribution in [2.24, 2.45) is 17.3 Å². The first-order valence-electron chi connectivity index (χ1n) is 5.75. The van der Waals surface area contributed by atoms with Crippen molar-refractivity contribution in [1.29, 1.82) is 0 Å². The minimum Gasteiger partial charge on any atom is -0.355 e. The van der Waals surface area contributed by atoms with Crippen LogP contribution in [-0.4, -0.2) is 38.0 Å². The molecule has 1 fully saturated rings. The Morgan fingerprint density at radius 1 is 1.40 bits per heavy atom. The molecule has 1 rings (SSSR count). The monoisotopic (exact) mass is 212 g/mol. The van der Waals surface area contributed by atoms with Gasteiger partial charge in [0.05, 0.1) is 0 Å². The summed E-state index contributed by atoms with van der Waals surface area (Å²) in [4.78, 5) is 13.8. The van der Waals surface area contributed by atoms with Gasteiger partial charge in [-0.3, -0.25) is 4.79 Å². The molecule has 3 nitrogen and oxygen atoms in total. The summed E-state index contributed by atoms with van der Waals surface area (Å²) < 4.78 is 0. The predicted molar refractivity (Wildman–Crippen MR) is 62.6 cm³/mol. The molecule has 0 spiro atoms. The molecule has 1 aliphatic carbocycles. The molecule has 0 aliphatic heterocycles. The Morgan fingerprint density at radius 3 is 2.40 bits per heavy atom. The highest BCUT2D eigenvalue weighted by molar-refractivity contribution is 5.81. The van der Waals surface area contributed by atoms with Crippen molar-refractivity contribution in [2.45, 2.75) is 27.2 Å². The van der Waals surface area contributed by atoms with Crippen molar-refractivity contribution < 1.29 is 4.79 Å². The Labute approximate surface area is 93.2 Å². The van der Waals surface area contributed by atoms with Crippen molar-refractivity contribution in [1.82, 2.24) is 10.2 Å². The zero-order valence-corrected chi connectivity index (χ0v) is 10.6. The number of likely N-dealkylation sites (N-methyl/N-ethyl adjacent to an activating group) is 1. The Hall–Kier alpha value is -0.570. The first kappa shape index (κ1) is 12.5. The first-order chi connectivity index (χ1) is 6.82. The molecule has 1 aliphatic rings. The van der Waals surface area contributed by atoms with E-state index < -0.39 is 0 Å². The van der Waals surface area contributed by atoms with Crippen LogP contribution in [0.25, 0.3) is 0 Å². The van der Waals surface area contributed by atoms with Crippen molar-refractivity contribution in [3.63, 3.8) is 0 Å². The van der Waals surface area contributed by atoms with Crippen LogP contribution in [0.1, 0.15) is 27.2 Å². The number of carbonyl (C=O) groups is 1. The summed E-state index contributed by atoms with van der Waals surface area (Å²) in [5.74, 6) is 1.10. The smallest absolute Gasteiger partial charge is 0.223 e. The SMILES string of the molecule is CN(C)CCNC(=O)C1CC1C(C)(C)C. The van der Waals surface area contributed by atoms with Gasteiger partial charge in [-0.05, 0) is 31.8 Å². The van der Waals surface area contributed by atoms with Crippen molar-refractivity contribution in [3.8, 4) is 0 Å². The molecule has 1 saturated carbocycles. The van der Waals surface area contributed by atoms with E-state index in [0.29, 0.717) is 5.92 Å². The lowest BCUT2D eigenvalue weighted by molar-refractivity contribution is -0.122. The van der Waals surface area contributed by atoms with E-state index in [1.54, 1.807) is 0 Å². The van der Waals surface area contributed by atoms with Crippen LogP contribution in [0.4, 0.5) is 0 Å². The molecule has 0 heterocycles. The van der Waals surface area contributed by atoms with Crippen LogP contribution in [0.15, 0.2) is 0 Å². The molecule has 0 aromatic rings. The van der Waals surface area contributed by atoms with Gasteiger partial charge in [-0.2, -0.15) is 0 Å². The van der Waals surface area contributed by atoms with Crippen molar-refractivity contribution >= 4 is 5.91 Å². The highest BCUT2D eigenvalue weighted by atomic mass is 16.2. The van der Waals surface area contributed by atoms with Gasteiger partial charge in [0.2, 0.25) is 5.91 Å². The second-order valence-corrected chi connectivity index (χ2v) is 5.91. The zero-order valence-electron chi connectivity index (χ0n) is 10.6. The second-order valence-electron chi connectivity index (χ2n) is 5.91. The van der Waals surface area contributed by atoms with Crippen LogP contribution in [0.2, 0.25) is 0 Å². The van der Waals surface area contributed by atoms with E-state index in [1.165, 1.54) is 0 Å². The normalized spacial score (nSPS) is 25.5. The molecule has 2 atom stereocenters. The number of hydrogen-bond donors (Lipinski definition) is 1. The molecule has 0 bridgehead atoms. The van der Waals surface area contributed by atoms with Crippen molar-refractivity contribution in [2.75, 3.05) is 27.2 Å². The summed E-state index contributed by atoms with van der Waals surface area (Å²) in [7, 11) is 4.03. The maximum atomic E-state index is 11.7. The lowest BCUT2D eigenvalue weighted by atomic mass is 9.89. The minimum absolute atomic E-state index is 0.247. The van der Waals surface area contributed by atoms with Crippen molar-refractivity contribution in [3.05, 3.63) is 0 Å². The Bertz CT molecular complexity index is 230. The molecule has 0 aromatic heterocycles. The van der Waals surface area contributed by atoms with Gasteiger partial charge in [0.15, 0.2) is 0 Å². The summed E-state index contributed by atoms with van der Waals surface area (Å²) in [5, 5.41) is 3.00. The number of carbonyl (C=O) groups excluding carboxylic acids is 1. The van der Waals surface area contributed by atoms with Gasteiger partial charge in [-0.15, -0.1) is 0 Å². The van der Waals surface area contributed by atoms with Crippen LogP contribution in [0, 0.1) is 17.3 Å². The van der Waals surface area contributed by atoms with E-state index >= 15 is 0 Å². The predicted octanol–water partition coefficient (Wildman–Crippen LogP) is 1.35. The highest BCUT2D eigenvalue weighted by Crippen LogP contribution is 2.50. The number of amides is 1. The summed E-state index contributed by atoms with van der Waals surface area (Å²) in [6, 6.07) is 0. The van der Waals surface area contributed by atoms with Crippen LogP contribution < -0.4 is 5.32 Å². The molecule has 3 heteroatoms. The second kappa shape index (κ2) is 4.52. The maximum absolute atomic E-state index is 11.7. The van der Waals surface area contributed by atoms with Crippen LogP contribution in [-0.2, 0) is 4.79 Å². The van der Waals surface area contributed by atoms with Crippen LogP contribution in [0.3, 0.4) is 0 Å². The van der Waals surface area contributed by atoms with E-state index in [1.807, 2.05) is 14.1 Å². The van der Waals surface area contributed by atoms with Gasteiger partial charge >= 0.3 is 0 Å². The average molecular weight is 212 g/mol. The van der Waals surface area contributed by atoms with E-state index in [9.17, 15) is 4.79 Å². The fraction of sp³-hybridized carbons (Fsp3) is 0.917. The summed E-state index contributed by atoms with van der Waals surface area (Å²) in [5.41, 5.74) is 0.281. The third-order valence-corrected chi connectivity index (χ3v) is 3.10. The van der Waals surface area contributed by atoms with Gasteiger partial charge in [-0.1, -0.05) is 20.8 Å². The average Bonchev–Trinajstić information content (AvgIpc) is 2.79. The summed E-state index contributed by atoms with van der Waals surface area (Å²) in [6.45, 7) is 8.32. The molecule has 0 saturated heterocycles. The standard InChI is InChI=1S/C12H24N2O/c1-12(2,3)10-8-9(10)11(15)13-6-7-14(4)5/h9-10H,6-8H2,1-5H3,(H,13,15). The molecule has 88 valence electrons. The number of nitrogens with one attached hydrogen (secondary N) is 1. The third kappa shape index (κ3) is 3.82. The molecular formula is C12H24N2O. The minimum atomic E-state index is 0.247. The van der Waals surface area contributed by atoms with Gasteiger partial charge in [0, 0.05) is 19.0 Å². The molecule has 2 unspecified atom stereocenters.